The van der Waals surface area contributed by atoms with Gasteiger partial charge in [0.05, 0.1) is 6.33 Å². The summed E-state index contributed by atoms with van der Waals surface area (Å²) >= 11 is 4.72. The lowest BCUT2D eigenvalue weighted by Crippen LogP contribution is -2.16. The first-order valence-electron chi connectivity index (χ1n) is 6.87. The molecule has 0 amide bonds. The van der Waals surface area contributed by atoms with Crippen molar-refractivity contribution in [3.63, 3.8) is 0 Å². The molecule has 2 aromatic heterocycles. The minimum absolute atomic E-state index is 0.469. The molecule has 0 spiro atoms. The summed E-state index contributed by atoms with van der Waals surface area (Å²) in [6, 6.07) is 0.501. The number of hydrogen-bond donors (Lipinski definition) is 2. The summed E-state index contributed by atoms with van der Waals surface area (Å²) in [4.78, 5) is 12.8. The fourth-order valence-electron chi connectivity index (χ4n) is 4.00. The van der Waals surface area contributed by atoms with Crippen LogP contribution in [-0.4, -0.2) is 24.8 Å². The van der Waals surface area contributed by atoms with Gasteiger partial charge in [0.2, 0.25) is 0 Å². The lowest BCUT2D eigenvalue weighted by molar-refractivity contribution is 0.355. The van der Waals surface area contributed by atoms with Crippen LogP contribution in [0.25, 0.3) is 11.2 Å². The van der Waals surface area contributed by atoms with Crippen LogP contribution in [0.2, 0.25) is 0 Å². The lowest BCUT2D eigenvalue weighted by atomic mass is 9.97. The molecule has 2 heterocycles. The third-order valence-corrected chi connectivity index (χ3v) is 5.52. The summed E-state index contributed by atoms with van der Waals surface area (Å²) in [7, 11) is 0. The van der Waals surface area contributed by atoms with Crippen LogP contribution in [0.15, 0.2) is 12.7 Å². The molecule has 2 N–H and O–H groups in total. The molecule has 0 aliphatic heterocycles. The van der Waals surface area contributed by atoms with Gasteiger partial charge in [0.15, 0.2) is 11.5 Å². The molecule has 2 aromatic rings. The lowest BCUT2D eigenvalue weighted by Gasteiger charge is -2.20. The molecule has 4 rings (SSSR count). The van der Waals surface area contributed by atoms with E-state index >= 15 is 0 Å². The van der Waals surface area contributed by atoms with Crippen LogP contribution in [-0.2, 0) is 0 Å². The van der Waals surface area contributed by atoms with Crippen molar-refractivity contribution in [3.8, 4) is 0 Å². The van der Waals surface area contributed by atoms with Gasteiger partial charge in [0.25, 0.3) is 0 Å². The van der Waals surface area contributed by atoms with E-state index in [2.05, 4.69) is 19.5 Å². The number of anilines is 1. The largest absolute Gasteiger partial charge is 0.382 e. The van der Waals surface area contributed by atoms with E-state index in [1.54, 1.807) is 0 Å². The van der Waals surface area contributed by atoms with Crippen molar-refractivity contribution in [1.29, 1.82) is 0 Å². The second-order valence-corrected chi connectivity index (χ2v) is 6.36. The van der Waals surface area contributed by atoms with E-state index < -0.39 is 0 Å². The summed E-state index contributed by atoms with van der Waals surface area (Å²) in [6.07, 6.45) is 8.38. The number of rotatable bonds is 1. The zero-order valence-electron chi connectivity index (χ0n) is 10.6. The summed E-state index contributed by atoms with van der Waals surface area (Å²) < 4.78 is 2.21. The Kier molecular flexibility index (Phi) is 2.48. The Balaban J connectivity index is 1.77. The van der Waals surface area contributed by atoms with Gasteiger partial charge < -0.3 is 10.3 Å². The first-order valence-corrected chi connectivity index (χ1v) is 7.38. The van der Waals surface area contributed by atoms with Crippen molar-refractivity contribution in [2.45, 2.75) is 37.0 Å². The number of nitrogen functional groups attached to an aromatic ring is 1. The number of thiol groups is 1. The highest BCUT2D eigenvalue weighted by Crippen LogP contribution is 2.51. The predicted octanol–water partition coefficient (Wildman–Crippen LogP) is 2.07. The van der Waals surface area contributed by atoms with E-state index in [-0.39, 0.29) is 0 Å². The van der Waals surface area contributed by atoms with E-state index in [1.165, 1.54) is 32.0 Å². The Morgan fingerprint density at radius 1 is 1.11 bits per heavy atom. The van der Waals surface area contributed by atoms with Crippen LogP contribution >= 0.6 is 12.6 Å². The van der Waals surface area contributed by atoms with Gasteiger partial charge in [-0.1, -0.05) is 0 Å². The van der Waals surface area contributed by atoms with Crippen molar-refractivity contribution in [3.05, 3.63) is 12.7 Å². The molecule has 100 valence electrons. The first-order chi connectivity index (χ1) is 9.25. The van der Waals surface area contributed by atoms with E-state index in [0.29, 0.717) is 17.1 Å². The molecule has 0 aromatic carbocycles. The average molecular weight is 275 g/mol. The molecular formula is C13H17N5S. The molecule has 0 saturated heterocycles. The fraction of sp³-hybridized carbons (Fsp3) is 0.615. The number of hydrogen-bond acceptors (Lipinski definition) is 5. The fourth-order valence-corrected chi connectivity index (χ4v) is 4.52. The van der Waals surface area contributed by atoms with Gasteiger partial charge in [-0.15, -0.1) is 0 Å². The standard InChI is InChI=1S/C13H17N5S/c14-12-11-13(16-5-15-12)18(6-17-11)9-3-1-8-7(9)2-4-10(8)19/h5-10,19H,1-4H2,(H2,14,15,16)/t7-,8-,9-,10-/m0/s1. The second kappa shape index (κ2) is 4.10. The zero-order valence-corrected chi connectivity index (χ0v) is 11.5. The normalized spacial score (nSPS) is 33.9. The van der Waals surface area contributed by atoms with Gasteiger partial charge in [-0.05, 0) is 37.5 Å². The zero-order chi connectivity index (χ0) is 13.0. The maximum atomic E-state index is 5.86. The van der Waals surface area contributed by atoms with Crippen molar-refractivity contribution < 1.29 is 0 Å². The minimum atomic E-state index is 0.469. The molecule has 6 heteroatoms. The smallest absolute Gasteiger partial charge is 0.165 e. The molecule has 4 atom stereocenters. The average Bonchev–Trinajstić information content (AvgIpc) is 3.06. The third kappa shape index (κ3) is 1.59. The topological polar surface area (TPSA) is 69.6 Å². The van der Waals surface area contributed by atoms with Crippen LogP contribution < -0.4 is 5.73 Å². The SMILES string of the molecule is Nc1ncnc2c1ncn2[C@H]1CC[C@H]2[C@@H]1CC[C@@H]2S. The van der Waals surface area contributed by atoms with Gasteiger partial charge in [-0.3, -0.25) is 0 Å². The Labute approximate surface area is 117 Å². The van der Waals surface area contributed by atoms with Crippen molar-refractivity contribution in [1.82, 2.24) is 19.5 Å². The second-order valence-electron chi connectivity index (χ2n) is 5.70. The van der Waals surface area contributed by atoms with E-state index in [9.17, 15) is 0 Å². The monoisotopic (exact) mass is 275 g/mol. The Bertz CT molecular complexity index is 625. The summed E-state index contributed by atoms with van der Waals surface area (Å²) in [5.74, 6) is 1.94. The molecule has 2 fully saturated rings. The quantitative estimate of drug-likeness (QED) is 0.782. The highest BCUT2D eigenvalue weighted by Gasteiger charge is 2.44. The maximum Gasteiger partial charge on any atom is 0.165 e. The predicted molar refractivity (Wildman–Crippen MR) is 77.0 cm³/mol. The number of aromatic nitrogens is 4. The van der Waals surface area contributed by atoms with Crippen LogP contribution in [0, 0.1) is 11.8 Å². The molecule has 2 saturated carbocycles. The van der Waals surface area contributed by atoms with Crippen molar-refractivity contribution >= 4 is 29.6 Å². The summed E-state index contributed by atoms with van der Waals surface area (Å²) in [5.41, 5.74) is 7.46. The molecule has 0 radical (unpaired) electrons. The third-order valence-electron chi connectivity index (χ3n) is 4.87. The van der Waals surface area contributed by atoms with Crippen LogP contribution in [0.4, 0.5) is 5.82 Å². The molecular weight excluding hydrogens is 258 g/mol. The van der Waals surface area contributed by atoms with Gasteiger partial charge in [0.1, 0.15) is 11.8 Å². The number of imidazole rings is 1. The number of nitrogens with zero attached hydrogens (tertiary/aromatic N) is 4. The molecule has 5 nitrogen and oxygen atoms in total. The van der Waals surface area contributed by atoms with Gasteiger partial charge >= 0.3 is 0 Å². The molecule has 2 aliphatic carbocycles. The van der Waals surface area contributed by atoms with E-state index in [1.807, 2.05) is 6.33 Å². The number of nitrogens with two attached hydrogens (primary N) is 1. The van der Waals surface area contributed by atoms with Crippen LogP contribution in [0.5, 0.6) is 0 Å². The van der Waals surface area contributed by atoms with Gasteiger partial charge in [-0.25, -0.2) is 15.0 Å². The molecule has 0 bridgehead atoms. The summed E-state index contributed by atoms with van der Waals surface area (Å²) in [5, 5.41) is 0.574. The maximum absolute atomic E-state index is 5.86. The van der Waals surface area contributed by atoms with Crippen molar-refractivity contribution in [2.24, 2.45) is 11.8 Å². The first kappa shape index (κ1) is 11.5. The summed E-state index contributed by atoms with van der Waals surface area (Å²) in [6.45, 7) is 0. The van der Waals surface area contributed by atoms with Gasteiger partial charge in [0, 0.05) is 11.3 Å². The highest BCUT2D eigenvalue weighted by molar-refractivity contribution is 7.81. The Morgan fingerprint density at radius 3 is 2.84 bits per heavy atom. The molecule has 19 heavy (non-hydrogen) atoms. The van der Waals surface area contributed by atoms with Crippen LogP contribution in [0.1, 0.15) is 31.7 Å². The number of fused-ring (bicyclic) bond motifs is 2. The van der Waals surface area contributed by atoms with E-state index in [4.69, 9.17) is 18.4 Å². The van der Waals surface area contributed by atoms with E-state index in [0.717, 1.165) is 23.0 Å². The van der Waals surface area contributed by atoms with Gasteiger partial charge in [-0.2, -0.15) is 12.6 Å². The minimum Gasteiger partial charge on any atom is -0.382 e. The molecule has 2 aliphatic rings. The van der Waals surface area contributed by atoms with Crippen LogP contribution in [0.3, 0.4) is 0 Å². The van der Waals surface area contributed by atoms with Crippen molar-refractivity contribution in [2.75, 3.05) is 5.73 Å². The Morgan fingerprint density at radius 2 is 1.95 bits per heavy atom. The Hall–Kier alpha value is -1.30. The molecule has 0 unspecified atom stereocenters. The highest BCUT2D eigenvalue weighted by atomic mass is 32.1.